The third-order valence-corrected chi connectivity index (χ3v) is 5.99. The van der Waals surface area contributed by atoms with E-state index in [1.807, 2.05) is 37.8 Å². The molecule has 0 aliphatic carbocycles. The van der Waals surface area contributed by atoms with Gasteiger partial charge in [0.05, 0.1) is 15.8 Å². The first-order valence-electron chi connectivity index (χ1n) is 8.00. The number of hydrogen-bond donors (Lipinski definition) is 0. The summed E-state index contributed by atoms with van der Waals surface area (Å²) in [6.07, 6.45) is 0. The number of likely N-dealkylation sites (N-methyl/N-ethyl adjacent to an activating group) is 1. The van der Waals surface area contributed by atoms with Crippen LogP contribution in [0.2, 0.25) is 10.0 Å². The lowest BCUT2D eigenvalue weighted by Gasteiger charge is -2.29. The molecule has 7 heteroatoms. The zero-order valence-electron chi connectivity index (χ0n) is 14.1. The third kappa shape index (κ3) is 4.38. The van der Waals surface area contributed by atoms with Gasteiger partial charge in [0.1, 0.15) is 5.37 Å². The molecule has 4 nitrogen and oxygen atoms in total. The standard InChI is InChI=1S/C17H22Cl2N2O2S/c1-4-20(16(23)11(2)3)7-8-21-15(22)10-24-17(21)12-5-6-13(18)14(19)9-12/h5-6,9,11,17H,4,7-8,10H2,1-3H3. The van der Waals surface area contributed by atoms with Crippen molar-refractivity contribution < 1.29 is 9.59 Å². The summed E-state index contributed by atoms with van der Waals surface area (Å²) in [5.41, 5.74) is 0.957. The molecule has 1 aliphatic rings. The van der Waals surface area contributed by atoms with Crippen LogP contribution in [0.1, 0.15) is 31.7 Å². The van der Waals surface area contributed by atoms with E-state index in [0.29, 0.717) is 35.4 Å². The van der Waals surface area contributed by atoms with Crippen molar-refractivity contribution in [3.8, 4) is 0 Å². The van der Waals surface area contributed by atoms with Crippen LogP contribution < -0.4 is 0 Å². The molecule has 1 aromatic rings. The second-order valence-electron chi connectivity index (χ2n) is 6.00. The van der Waals surface area contributed by atoms with E-state index in [2.05, 4.69) is 0 Å². The lowest BCUT2D eigenvalue weighted by atomic mass is 10.2. The lowest BCUT2D eigenvalue weighted by molar-refractivity contribution is -0.136. The van der Waals surface area contributed by atoms with Crippen molar-refractivity contribution in [1.82, 2.24) is 9.80 Å². The number of thioether (sulfide) groups is 1. The van der Waals surface area contributed by atoms with Crippen LogP contribution in [-0.2, 0) is 9.59 Å². The van der Waals surface area contributed by atoms with Crippen LogP contribution in [-0.4, -0.2) is 47.0 Å². The molecule has 0 bridgehead atoms. The zero-order valence-corrected chi connectivity index (χ0v) is 16.4. The normalized spacial score (nSPS) is 17.7. The molecule has 2 amide bonds. The van der Waals surface area contributed by atoms with Gasteiger partial charge in [-0.1, -0.05) is 43.1 Å². The first-order chi connectivity index (χ1) is 11.3. The van der Waals surface area contributed by atoms with Crippen molar-refractivity contribution in [2.24, 2.45) is 5.92 Å². The van der Waals surface area contributed by atoms with Crippen LogP contribution in [0.5, 0.6) is 0 Å². The molecule has 2 rings (SSSR count). The first-order valence-corrected chi connectivity index (χ1v) is 9.80. The number of carbonyl (C=O) groups is 2. The molecule has 0 N–H and O–H groups in total. The minimum atomic E-state index is -0.0832. The zero-order chi connectivity index (χ0) is 17.9. The maximum absolute atomic E-state index is 12.3. The fraction of sp³-hybridized carbons (Fsp3) is 0.529. The Hall–Kier alpha value is -0.910. The number of benzene rings is 1. The average Bonchev–Trinajstić information content (AvgIpc) is 2.91. The van der Waals surface area contributed by atoms with Crippen molar-refractivity contribution in [1.29, 1.82) is 0 Å². The van der Waals surface area contributed by atoms with E-state index in [1.165, 1.54) is 0 Å². The molecule has 0 saturated carbocycles. The van der Waals surface area contributed by atoms with Crippen LogP contribution in [0.3, 0.4) is 0 Å². The van der Waals surface area contributed by atoms with Gasteiger partial charge in [-0.25, -0.2) is 0 Å². The Labute approximate surface area is 157 Å². The molecule has 1 aromatic carbocycles. The quantitative estimate of drug-likeness (QED) is 0.737. The topological polar surface area (TPSA) is 40.6 Å². The van der Waals surface area contributed by atoms with Gasteiger partial charge in [0, 0.05) is 25.6 Å². The molecular formula is C17H22Cl2N2O2S. The van der Waals surface area contributed by atoms with Gasteiger partial charge < -0.3 is 9.80 Å². The monoisotopic (exact) mass is 388 g/mol. The molecule has 1 fully saturated rings. The molecule has 24 heavy (non-hydrogen) atoms. The van der Waals surface area contributed by atoms with Crippen molar-refractivity contribution in [3.63, 3.8) is 0 Å². The molecule has 1 atom stereocenters. The maximum Gasteiger partial charge on any atom is 0.233 e. The van der Waals surface area contributed by atoms with Gasteiger partial charge >= 0.3 is 0 Å². The van der Waals surface area contributed by atoms with Gasteiger partial charge in [0.15, 0.2) is 0 Å². The smallest absolute Gasteiger partial charge is 0.233 e. The van der Waals surface area contributed by atoms with Crippen LogP contribution in [0, 0.1) is 5.92 Å². The Morgan fingerprint density at radius 2 is 2.08 bits per heavy atom. The minimum Gasteiger partial charge on any atom is -0.341 e. The number of nitrogens with zero attached hydrogens (tertiary/aromatic N) is 2. The van der Waals surface area contributed by atoms with Crippen molar-refractivity contribution >= 4 is 46.8 Å². The molecule has 1 unspecified atom stereocenters. The molecule has 0 aromatic heterocycles. The Bertz CT molecular complexity index is 625. The molecule has 1 saturated heterocycles. The van der Waals surface area contributed by atoms with Gasteiger partial charge in [0.2, 0.25) is 11.8 Å². The summed E-state index contributed by atoms with van der Waals surface area (Å²) in [5.74, 6) is 0.598. The Morgan fingerprint density at radius 1 is 1.38 bits per heavy atom. The molecule has 1 heterocycles. The van der Waals surface area contributed by atoms with Gasteiger partial charge in [-0.15, -0.1) is 11.8 Å². The largest absolute Gasteiger partial charge is 0.341 e. The highest BCUT2D eigenvalue weighted by atomic mass is 35.5. The highest BCUT2D eigenvalue weighted by molar-refractivity contribution is 8.00. The summed E-state index contributed by atoms with van der Waals surface area (Å²) < 4.78 is 0. The minimum absolute atomic E-state index is 0.0422. The van der Waals surface area contributed by atoms with E-state index >= 15 is 0 Å². The number of rotatable bonds is 6. The summed E-state index contributed by atoms with van der Waals surface area (Å²) >= 11 is 13.7. The van der Waals surface area contributed by atoms with Crippen LogP contribution >= 0.6 is 35.0 Å². The number of hydrogen-bond acceptors (Lipinski definition) is 3. The molecular weight excluding hydrogens is 367 g/mol. The van der Waals surface area contributed by atoms with Crippen molar-refractivity contribution in [2.45, 2.75) is 26.1 Å². The first kappa shape index (κ1) is 19.4. The van der Waals surface area contributed by atoms with Gasteiger partial charge in [-0.05, 0) is 24.6 Å². The van der Waals surface area contributed by atoms with E-state index in [9.17, 15) is 9.59 Å². The number of carbonyl (C=O) groups excluding carboxylic acids is 2. The van der Waals surface area contributed by atoms with Crippen molar-refractivity contribution in [3.05, 3.63) is 33.8 Å². The van der Waals surface area contributed by atoms with Crippen LogP contribution in [0.25, 0.3) is 0 Å². The predicted octanol–water partition coefficient (Wildman–Crippen LogP) is 4.07. The Kier molecular flexibility index (Phi) is 6.84. The van der Waals surface area contributed by atoms with E-state index in [0.717, 1.165) is 5.56 Å². The average molecular weight is 389 g/mol. The summed E-state index contributed by atoms with van der Waals surface area (Å²) in [6.45, 7) is 7.43. The second kappa shape index (κ2) is 8.45. The molecule has 132 valence electrons. The van der Waals surface area contributed by atoms with E-state index in [-0.39, 0.29) is 23.1 Å². The second-order valence-corrected chi connectivity index (χ2v) is 7.88. The fourth-order valence-corrected chi connectivity index (χ4v) is 4.17. The van der Waals surface area contributed by atoms with E-state index < -0.39 is 0 Å². The van der Waals surface area contributed by atoms with E-state index in [1.54, 1.807) is 22.7 Å². The summed E-state index contributed by atoms with van der Waals surface area (Å²) in [6, 6.07) is 5.46. The van der Waals surface area contributed by atoms with Gasteiger partial charge in [-0.3, -0.25) is 9.59 Å². The Balaban J connectivity index is 2.10. The lowest BCUT2D eigenvalue weighted by Crippen LogP contribution is -2.41. The summed E-state index contributed by atoms with van der Waals surface area (Å²) in [7, 11) is 0. The van der Waals surface area contributed by atoms with Gasteiger partial charge in [0.25, 0.3) is 0 Å². The number of amides is 2. The maximum atomic E-state index is 12.3. The Morgan fingerprint density at radius 3 is 2.67 bits per heavy atom. The summed E-state index contributed by atoms with van der Waals surface area (Å²) in [4.78, 5) is 28.1. The van der Waals surface area contributed by atoms with Crippen LogP contribution in [0.4, 0.5) is 0 Å². The van der Waals surface area contributed by atoms with Gasteiger partial charge in [-0.2, -0.15) is 0 Å². The summed E-state index contributed by atoms with van der Waals surface area (Å²) in [5, 5.41) is 0.903. The highest BCUT2D eigenvalue weighted by Gasteiger charge is 2.33. The van der Waals surface area contributed by atoms with E-state index in [4.69, 9.17) is 23.2 Å². The van der Waals surface area contributed by atoms with Crippen molar-refractivity contribution in [2.75, 3.05) is 25.4 Å². The molecule has 1 aliphatic heterocycles. The highest BCUT2D eigenvalue weighted by Crippen LogP contribution is 2.40. The molecule has 0 radical (unpaired) electrons. The fourth-order valence-electron chi connectivity index (χ4n) is 2.66. The SMILES string of the molecule is CCN(CCN1C(=O)CSC1c1ccc(Cl)c(Cl)c1)C(=O)C(C)C. The predicted molar refractivity (Wildman–Crippen MR) is 100 cm³/mol. The number of halogens is 2. The third-order valence-electron chi connectivity index (χ3n) is 4.00. The van der Waals surface area contributed by atoms with Crippen LogP contribution in [0.15, 0.2) is 18.2 Å². The molecule has 0 spiro atoms.